The van der Waals surface area contributed by atoms with E-state index >= 15 is 0 Å². The Bertz CT molecular complexity index is 649. The zero-order valence-corrected chi connectivity index (χ0v) is 15.7. The number of methoxy groups -OCH3 is 1. The highest BCUT2D eigenvalue weighted by Crippen LogP contribution is 2.25. The highest BCUT2D eigenvalue weighted by atomic mass is 16.6. The van der Waals surface area contributed by atoms with Gasteiger partial charge < -0.3 is 25.3 Å². The number of pyridine rings is 1. The van der Waals surface area contributed by atoms with Gasteiger partial charge in [0.05, 0.1) is 7.11 Å². The number of hydrogen-bond donors (Lipinski definition) is 2. The minimum absolute atomic E-state index is 0.0108. The Kier molecular flexibility index (Phi) is 6.28. The van der Waals surface area contributed by atoms with Crippen LogP contribution in [0.4, 0.5) is 4.79 Å². The van der Waals surface area contributed by atoms with E-state index in [-0.39, 0.29) is 23.6 Å². The molecule has 3 N–H and O–H groups in total. The van der Waals surface area contributed by atoms with E-state index in [9.17, 15) is 9.59 Å². The number of carbonyl (C=O) groups is 2. The average molecular weight is 365 g/mol. The number of carbonyl (C=O) groups excluding carboxylic acids is 2. The van der Waals surface area contributed by atoms with Gasteiger partial charge in [0.15, 0.2) is 0 Å². The molecule has 8 heteroatoms. The van der Waals surface area contributed by atoms with Crippen molar-refractivity contribution in [3.8, 4) is 11.8 Å². The van der Waals surface area contributed by atoms with Gasteiger partial charge in [-0.15, -0.1) is 0 Å². The second-order valence-corrected chi connectivity index (χ2v) is 7.31. The minimum atomic E-state index is -0.602. The molecule has 0 bridgehead atoms. The Morgan fingerprint density at radius 1 is 1.19 bits per heavy atom. The summed E-state index contributed by atoms with van der Waals surface area (Å²) in [7, 11) is 1.42. The fourth-order valence-electron chi connectivity index (χ4n) is 2.80. The topological polar surface area (TPSA) is 113 Å². The summed E-state index contributed by atoms with van der Waals surface area (Å²) < 4.78 is 16.2. The number of ether oxygens (including phenoxy) is 3. The SMILES string of the molecule is COc1nc(OC2CCC(NC(=O)OC(C)(C)C)CC2)ccc1C(N)=O. The molecule has 1 saturated carbocycles. The lowest BCUT2D eigenvalue weighted by Crippen LogP contribution is -2.42. The standard InChI is InChI=1S/C18H27N3O5/c1-18(2,3)26-17(23)20-11-5-7-12(8-6-11)25-14-10-9-13(15(19)22)16(21-14)24-4/h9-12H,5-8H2,1-4H3,(H2,19,22)(H,20,23). The van der Waals surface area contributed by atoms with Gasteiger partial charge in [-0.2, -0.15) is 4.98 Å². The van der Waals surface area contributed by atoms with Gasteiger partial charge in [-0.25, -0.2) is 4.79 Å². The van der Waals surface area contributed by atoms with E-state index < -0.39 is 17.6 Å². The number of hydrogen-bond acceptors (Lipinski definition) is 6. The Balaban J connectivity index is 1.85. The summed E-state index contributed by atoms with van der Waals surface area (Å²) in [6, 6.07) is 3.22. The summed E-state index contributed by atoms with van der Waals surface area (Å²) in [5.41, 5.74) is 4.98. The predicted octanol–water partition coefficient (Wildman–Crippen LogP) is 2.40. The van der Waals surface area contributed by atoms with Crippen molar-refractivity contribution in [2.75, 3.05) is 7.11 Å². The quantitative estimate of drug-likeness (QED) is 0.828. The first-order chi connectivity index (χ1) is 12.2. The van der Waals surface area contributed by atoms with Crippen LogP contribution in [0.25, 0.3) is 0 Å². The van der Waals surface area contributed by atoms with Crippen molar-refractivity contribution in [1.82, 2.24) is 10.3 Å². The zero-order chi connectivity index (χ0) is 19.3. The van der Waals surface area contributed by atoms with Crippen LogP contribution in [0.1, 0.15) is 56.8 Å². The molecule has 1 aromatic heterocycles. The maximum Gasteiger partial charge on any atom is 0.407 e. The van der Waals surface area contributed by atoms with Crippen LogP contribution in [-0.2, 0) is 4.74 Å². The second-order valence-electron chi connectivity index (χ2n) is 7.31. The highest BCUT2D eigenvalue weighted by molar-refractivity contribution is 5.95. The summed E-state index contributed by atoms with van der Waals surface area (Å²) in [5.74, 6) is -0.0692. The smallest absolute Gasteiger partial charge is 0.407 e. The van der Waals surface area contributed by atoms with E-state index in [0.29, 0.717) is 5.88 Å². The first-order valence-electron chi connectivity index (χ1n) is 8.69. The van der Waals surface area contributed by atoms with Gasteiger partial charge in [-0.3, -0.25) is 4.79 Å². The number of rotatable bonds is 5. The van der Waals surface area contributed by atoms with E-state index in [2.05, 4.69) is 10.3 Å². The lowest BCUT2D eigenvalue weighted by atomic mass is 9.93. The summed E-state index contributed by atoms with van der Waals surface area (Å²) in [5, 5.41) is 2.89. The summed E-state index contributed by atoms with van der Waals surface area (Å²) in [6.45, 7) is 5.51. The fraction of sp³-hybridized carbons (Fsp3) is 0.611. The van der Waals surface area contributed by atoms with Gasteiger partial charge in [0.25, 0.3) is 5.91 Å². The molecule has 2 rings (SSSR count). The third-order valence-electron chi connectivity index (χ3n) is 3.98. The van der Waals surface area contributed by atoms with E-state index in [4.69, 9.17) is 19.9 Å². The molecule has 0 saturated heterocycles. The molecule has 0 aromatic carbocycles. The van der Waals surface area contributed by atoms with E-state index in [1.54, 1.807) is 12.1 Å². The third-order valence-corrected chi connectivity index (χ3v) is 3.98. The van der Waals surface area contributed by atoms with Crippen LogP contribution in [0.15, 0.2) is 12.1 Å². The third kappa shape index (κ3) is 5.79. The van der Waals surface area contributed by atoms with Gasteiger partial charge in [-0.1, -0.05) is 0 Å². The highest BCUT2D eigenvalue weighted by Gasteiger charge is 2.26. The molecule has 1 fully saturated rings. The molecule has 2 amide bonds. The maximum atomic E-state index is 11.8. The Labute approximate surface area is 153 Å². The minimum Gasteiger partial charge on any atom is -0.480 e. The number of amides is 2. The average Bonchev–Trinajstić information content (AvgIpc) is 2.54. The normalized spacial score (nSPS) is 20.2. The van der Waals surface area contributed by atoms with Crippen molar-refractivity contribution in [2.24, 2.45) is 5.73 Å². The van der Waals surface area contributed by atoms with Crippen LogP contribution in [0, 0.1) is 0 Å². The number of nitrogens with one attached hydrogen (secondary N) is 1. The number of aromatic nitrogens is 1. The monoisotopic (exact) mass is 365 g/mol. The van der Waals surface area contributed by atoms with Gasteiger partial charge in [-0.05, 0) is 52.5 Å². The predicted molar refractivity (Wildman–Crippen MR) is 95.3 cm³/mol. The molecule has 144 valence electrons. The Morgan fingerprint density at radius 2 is 1.85 bits per heavy atom. The molecular weight excluding hydrogens is 338 g/mol. The van der Waals surface area contributed by atoms with E-state index in [1.807, 2.05) is 20.8 Å². The van der Waals surface area contributed by atoms with Crippen LogP contribution in [0.2, 0.25) is 0 Å². The number of alkyl carbamates (subject to hydrolysis) is 1. The number of nitrogens with two attached hydrogens (primary N) is 1. The molecule has 1 heterocycles. The molecule has 0 spiro atoms. The van der Waals surface area contributed by atoms with Gasteiger partial charge in [0.2, 0.25) is 11.8 Å². The van der Waals surface area contributed by atoms with E-state index in [0.717, 1.165) is 25.7 Å². The maximum absolute atomic E-state index is 11.8. The summed E-state index contributed by atoms with van der Waals surface area (Å²) >= 11 is 0. The molecule has 0 atom stereocenters. The molecule has 8 nitrogen and oxygen atoms in total. The van der Waals surface area contributed by atoms with Crippen molar-refractivity contribution in [3.63, 3.8) is 0 Å². The van der Waals surface area contributed by atoms with Gasteiger partial charge >= 0.3 is 6.09 Å². The lowest BCUT2D eigenvalue weighted by Gasteiger charge is -2.30. The second kappa shape index (κ2) is 8.25. The molecule has 0 radical (unpaired) electrons. The van der Waals surface area contributed by atoms with Crippen LogP contribution >= 0.6 is 0 Å². The fourth-order valence-corrected chi connectivity index (χ4v) is 2.80. The van der Waals surface area contributed by atoms with Crippen LogP contribution < -0.4 is 20.5 Å². The number of primary amides is 1. The molecule has 0 aliphatic heterocycles. The number of nitrogens with zero attached hydrogens (tertiary/aromatic N) is 1. The first-order valence-corrected chi connectivity index (χ1v) is 8.69. The largest absolute Gasteiger partial charge is 0.480 e. The molecule has 26 heavy (non-hydrogen) atoms. The van der Waals surface area contributed by atoms with Crippen molar-refractivity contribution < 1.29 is 23.8 Å². The first kappa shape index (κ1) is 19.8. The molecule has 1 aliphatic rings. The van der Waals surface area contributed by atoms with Gasteiger partial charge in [0.1, 0.15) is 17.3 Å². The Hall–Kier alpha value is -2.51. The Morgan fingerprint density at radius 3 is 2.38 bits per heavy atom. The van der Waals surface area contributed by atoms with Crippen LogP contribution in [-0.4, -0.2) is 41.8 Å². The molecular formula is C18H27N3O5. The molecule has 0 unspecified atom stereocenters. The van der Waals surface area contributed by atoms with E-state index in [1.165, 1.54) is 7.11 Å². The van der Waals surface area contributed by atoms with Crippen LogP contribution in [0.3, 0.4) is 0 Å². The van der Waals surface area contributed by atoms with Crippen molar-refractivity contribution >= 4 is 12.0 Å². The lowest BCUT2D eigenvalue weighted by molar-refractivity contribution is 0.0469. The van der Waals surface area contributed by atoms with Crippen molar-refractivity contribution in [2.45, 2.75) is 64.2 Å². The van der Waals surface area contributed by atoms with Crippen molar-refractivity contribution in [3.05, 3.63) is 17.7 Å². The van der Waals surface area contributed by atoms with Crippen LogP contribution in [0.5, 0.6) is 11.8 Å². The summed E-state index contributed by atoms with van der Waals surface area (Å²) in [6.07, 6.45) is 2.74. The molecule has 1 aromatic rings. The summed E-state index contributed by atoms with van der Waals surface area (Å²) in [4.78, 5) is 27.3. The van der Waals surface area contributed by atoms with Crippen molar-refractivity contribution in [1.29, 1.82) is 0 Å². The van der Waals surface area contributed by atoms with Gasteiger partial charge in [0, 0.05) is 12.1 Å². The molecule has 1 aliphatic carbocycles. The zero-order valence-electron chi connectivity index (χ0n) is 15.7.